The van der Waals surface area contributed by atoms with Gasteiger partial charge in [-0.2, -0.15) is 13.2 Å². The molecule has 0 amide bonds. The van der Waals surface area contributed by atoms with Gasteiger partial charge in [-0.15, -0.1) is 0 Å². The highest BCUT2D eigenvalue weighted by Gasteiger charge is 2.35. The maximum Gasteiger partial charge on any atom is 0.416 e. The highest BCUT2D eigenvalue weighted by atomic mass is 19.4. The van der Waals surface area contributed by atoms with Gasteiger partial charge in [0, 0.05) is 16.6 Å². The summed E-state index contributed by atoms with van der Waals surface area (Å²) in [4.78, 5) is 4.67. The van der Waals surface area contributed by atoms with E-state index < -0.39 is 17.5 Å². The summed E-state index contributed by atoms with van der Waals surface area (Å²) >= 11 is 0. The number of alkyl halides is 3. The number of para-hydroxylation sites is 1. The molecule has 140 valence electrons. The maximum absolute atomic E-state index is 12.8. The molecule has 3 nitrogen and oxygen atoms in total. The van der Waals surface area contributed by atoms with Gasteiger partial charge in [0.15, 0.2) is 0 Å². The summed E-state index contributed by atoms with van der Waals surface area (Å²) in [6.07, 6.45) is -2.09. The van der Waals surface area contributed by atoms with Crippen LogP contribution in [0.25, 0.3) is 10.9 Å². The third-order valence-corrected chi connectivity index (χ3v) is 5.14. The second kappa shape index (κ2) is 6.32. The Balaban J connectivity index is 1.85. The summed E-state index contributed by atoms with van der Waals surface area (Å²) in [6, 6.07) is 12.7. The first kappa shape index (κ1) is 17.9. The van der Waals surface area contributed by atoms with Crippen molar-refractivity contribution in [3.63, 3.8) is 0 Å². The van der Waals surface area contributed by atoms with Gasteiger partial charge in [-0.3, -0.25) is 10.7 Å². The Bertz CT molecular complexity index is 995. The van der Waals surface area contributed by atoms with Gasteiger partial charge in [-0.25, -0.2) is 0 Å². The smallest absolute Gasteiger partial charge is 0.372 e. The summed E-state index contributed by atoms with van der Waals surface area (Å²) in [7, 11) is 0. The lowest BCUT2D eigenvalue weighted by Crippen LogP contribution is -2.41. The van der Waals surface area contributed by atoms with E-state index in [4.69, 9.17) is 5.73 Å². The second-order valence-electron chi connectivity index (χ2n) is 7.08. The van der Waals surface area contributed by atoms with Crippen LogP contribution in [0.15, 0.2) is 48.5 Å². The molecule has 2 aromatic carbocycles. The summed E-state index contributed by atoms with van der Waals surface area (Å²) in [5, 5.41) is 11.6. The fourth-order valence-corrected chi connectivity index (χ4v) is 3.88. The largest absolute Gasteiger partial charge is 0.416 e. The number of hydrogen-bond donors (Lipinski definition) is 2. The molecule has 1 heterocycles. The van der Waals surface area contributed by atoms with E-state index >= 15 is 0 Å². The van der Waals surface area contributed by atoms with Crippen LogP contribution in [-0.4, -0.2) is 10.1 Å². The fourth-order valence-electron chi connectivity index (χ4n) is 3.88. The van der Waals surface area contributed by atoms with Gasteiger partial charge in [0.25, 0.3) is 0 Å². The van der Waals surface area contributed by atoms with Crippen molar-refractivity contribution in [3.05, 3.63) is 76.5 Å². The third-order valence-electron chi connectivity index (χ3n) is 5.14. The van der Waals surface area contributed by atoms with E-state index in [9.17, 15) is 18.3 Å². The van der Waals surface area contributed by atoms with Crippen LogP contribution in [0, 0.1) is 0 Å². The zero-order valence-corrected chi connectivity index (χ0v) is 14.6. The van der Waals surface area contributed by atoms with Crippen molar-refractivity contribution in [2.45, 2.75) is 37.6 Å². The first-order valence-corrected chi connectivity index (χ1v) is 8.84. The van der Waals surface area contributed by atoms with Crippen LogP contribution in [0.3, 0.4) is 0 Å². The van der Waals surface area contributed by atoms with E-state index in [1.807, 2.05) is 24.3 Å². The Morgan fingerprint density at radius 1 is 1.07 bits per heavy atom. The van der Waals surface area contributed by atoms with E-state index in [2.05, 4.69) is 4.98 Å². The number of benzene rings is 2. The molecular weight excluding hydrogens is 353 g/mol. The van der Waals surface area contributed by atoms with E-state index in [1.165, 1.54) is 12.1 Å². The number of aliphatic hydroxyl groups is 1. The van der Waals surface area contributed by atoms with Gasteiger partial charge in [-0.1, -0.05) is 30.3 Å². The minimum atomic E-state index is -4.36. The first-order valence-electron chi connectivity index (χ1n) is 8.84. The lowest BCUT2D eigenvalue weighted by Gasteiger charge is -2.33. The first-order chi connectivity index (χ1) is 12.8. The molecule has 1 atom stereocenters. The average molecular weight is 372 g/mol. The zero-order chi connectivity index (χ0) is 19.2. The van der Waals surface area contributed by atoms with Crippen molar-refractivity contribution in [2.24, 2.45) is 5.73 Å². The summed E-state index contributed by atoms with van der Waals surface area (Å²) in [5.74, 6) is 0. The van der Waals surface area contributed by atoms with Crippen LogP contribution in [-0.2, 0) is 24.7 Å². The molecule has 4 rings (SSSR count). The lowest BCUT2D eigenvalue weighted by molar-refractivity contribution is -0.137. The normalized spacial score (nSPS) is 19.9. The molecule has 0 spiro atoms. The van der Waals surface area contributed by atoms with E-state index in [0.717, 1.165) is 52.7 Å². The van der Waals surface area contributed by atoms with Gasteiger partial charge < -0.3 is 5.11 Å². The molecule has 3 N–H and O–H groups in total. The van der Waals surface area contributed by atoms with Crippen molar-refractivity contribution >= 4 is 10.9 Å². The SMILES string of the molecule is NC1(O)CCCc2nc3ccccc3c(Cc3ccc(C(F)(F)F)cc3)c21. The molecule has 27 heavy (non-hydrogen) atoms. The zero-order valence-electron chi connectivity index (χ0n) is 14.6. The Morgan fingerprint density at radius 2 is 1.78 bits per heavy atom. The topological polar surface area (TPSA) is 59.1 Å². The van der Waals surface area contributed by atoms with Crippen molar-refractivity contribution < 1.29 is 18.3 Å². The number of aromatic nitrogens is 1. The monoisotopic (exact) mass is 372 g/mol. The Labute approximate surface area is 154 Å². The van der Waals surface area contributed by atoms with Crippen LogP contribution >= 0.6 is 0 Å². The van der Waals surface area contributed by atoms with E-state index in [0.29, 0.717) is 18.4 Å². The molecule has 0 saturated carbocycles. The van der Waals surface area contributed by atoms with E-state index in [-0.39, 0.29) is 0 Å². The molecule has 1 aliphatic carbocycles. The van der Waals surface area contributed by atoms with Crippen molar-refractivity contribution in [3.8, 4) is 0 Å². The van der Waals surface area contributed by atoms with Gasteiger partial charge in [0.2, 0.25) is 0 Å². The quantitative estimate of drug-likeness (QED) is 0.660. The summed E-state index contributed by atoms with van der Waals surface area (Å²) in [6.45, 7) is 0. The van der Waals surface area contributed by atoms with Crippen LogP contribution in [0.4, 0.5) is 13.2 Å². The molecule has 3 aromatic rings. The fraction of sp³-hybridized carbons (Fsp3) is 0.286. The van der Waals surface area contributed by atoms with Crippen LogP contribution in [0.5, 0.6) is 0 Å². The molecule has 1 unspecified atom stereocenters. The Kier molecular flexibility index (Phi) is 4.20. The number of pyridine rings is 1. The minimum absolute atomic E-state index is 0.378. The molecule has 1 aromatic heterocycles. The summed E-state index contributed by atoms with van der Waals surface area (Å²) < 4.78 is 38.5. The maximum atomic E-state index is 12.8. The molecule has 0 fully saturated rings. The number of aryl methyl sites for hydroxylation is 1. The molecule has 0 saturated heterocycles. The van der Waals surface area contributed by atoms with Crippen molar-refractivity contribution in [1.29, 1.82) is 0 Å². The number of fused-ring (bicyclic) bond motifs is 2. The standard InChI is InChI=1S/C21H19F3N2O/c22-21(23,24)14-9-7-13(8-10-14)12-16-15-4-1-2-5-17(15)26-18-6-3-11-20(25,27)19(16)18/h1-2,4-5,7-10,27H,3,6,11-12,25H2. The molecule has 0 aliphatic heterocycles. The van der Waals surface area contributed by atoms with Crippen LogP contribution in [0.2, 0.25) is 0 Å². The number of nitrogens with two attached hydrogens (primary N) is 1. The van der Waals surface area contributed by atoms with Crippen LogP contribution in [0.1, 0.15) is 40.8 Å². The number of rotatable bonds is 2. The van der Waals surface area contributed by atoms with E-state index in [1.54, 1.807) is 0 Å². The highest BCUT2D eigenvalue weighted by Crippen LogP contribution is 2.37. The predicted molar refractivity (Wildman–Crippen MR) is 97.0 cm³/mol. The molecule has 0 radical (unpaired) electrons. The predicted octanol–water partition coefficient (Wildman–Crippen LogP) is 4.28. The van der Waals surface area contributed by atoms with Crippen molar-refractivity contribution in [1.82, 2.24) is 4.98 Å². The molecule has 1 aliphatic rings. The third kappa shape index (κ3) is 3.31. The number of nitrogens with zero attached hydrogens (tertiary/aromatic N) is 1. The Morgan fingerprint density at radius 3 is 2.48 bits per heavy atom. The van der Waals surface area contributed by atoms with Gasteiger partial charge in [-0.05, 0) is 55.0 Å². The lowest BCUT2D eigenvalue weighted by atomic mass is 9.82. The molecule has 6 heteroatoms. The van der Waals surface area contributed by atoms with Gasteiger partial charge >= 0.3 is 6.18 Å². The number of halogens is 3. The number of hydrogen-bond acceptors (Lipinski definition) is 3. The summed E-state index contributed by atoms with van der Waals surface area (Å²) in [5.41, 5.74) is 7.77. The van der Waals surface area contributed by atoms with Gasteiger partial charge in [0.1, 0.15) is 5.72 Å². The molecule has 0 bridgehead atoms. The van der Waals surface area contributed by atoms with Gasteiger partial charge in [0.05, 0.1) is 11.1 Å². The Hall–Kier alpha value is -2.44. The second-order valence-corrected chi connectivity index (χ2v) is 7.08. The average Bonchev–Trinajstić information content (AvgIpc) is 2.60. The molecular formula is C21H19F3N2O. The minimum Gasteiger partial charge on any atom is -0.372 e. The van der Waals surface area contributed by atoms with Crippen LogP contribution < -0.4 is 5.73 Å². The van der Waals surface area contributed by atoms with Crippen molar-refractivity contribution in [2.75, 3.05) is 0 Å². The highest BCUT2D eigenvalue weighted by molar-refractivity contribution is 5.84.